The molecule has 0 N–H and O–H groups in total. The van der Waals surface area contributed by atoms with Crippen LogP contribution in [0.3, 0.4) is 0 Å². The number of carbonyl (C=O) groups is 2. The van der Waals surface area contributed by atoms with Crippen molar-refractivity contribution in [2.24, 2.45) is 7.05 Å². The Hall–Kier alpha value is -2.46. The molecule has 2 rings (SSSR count). The van der Waals surface area contributed by atoms with Gasteiger partial charge in [-0.2, -0.15) is 0 Å². The molecular weight excluding hydrogens is 396 g/mol. The van der Waals surface area contributed by atoms with Crippen LogP contribution in [0.1, 0.15) is 26.1 Å². The molecule has 9 nitrogen and oxygen atoms in total. The van der Waals surface area contributed by atoms with Gasteiger partial charge in [0.1, 0.15) is 5.82 Å². The molecule has 0 aliphatic heterocycles. The smallest absolute Gasteiger partial charge is 0.306 e. The molecule has 0 aliphatic carbocycles. The van der Waals surface area contributed by atoms with E-state index in [4.69, 9.17) is 4.74 Å². The van der Waals surface area contributed by atoms with Gasteiger partial charge in [-0.15, -0.1) is 0 Å². The number of aromatic nitrogens is 2. The number of carbonyl (C=O) groups excluding carboxylic acids is 2. The summed E-state index contributed by atoms with van der Waals surface area (Å²) in [7, 11) is 2.85. The van der Waals surface area contributed by atoms with E-state index in [-0.39, 0.29) is 29.9 Å². The molecule has 1 heterocycles. The van der Waals surface area contributed by atoms with Crippen LogP contribution in [0.15, 0.2) is 23.1 Å². The van der Waals surface area contributed by atoms with Gasteiger partial charge in [0.15, 0.2) is 6.61 Å². The summed E-state index contributed by atoms with van der Waals surface area (Å²) in [6.07, 6.45) is 0.382. The SMILES string of the molecule is CC(C)N(C)C(=O)COC(=O)CCc1nc2cc(S(=O)(=O)N(C)C)ccc2n1C. The van der Waals surface area contributed by atoms with Crippen LogP contribution in [0.4, 0.5) is 0 Å². The Balaban J connectivity index is 2.06. The van der Waals surface area contributed by atoms with Crippen molar-refractivity contribution < 1.29 is 22.7 Å². The number of fused-ring (bicyclic) bond motifs is 1. The van der Waals surface area contributed by atoms with Crippen molar-refractivity contribution >= 4 is 32.9 Å². The van der Waals surface area contributed by atoms with Crippen LogP contribution in [0.2, 0.25) is 0 Å². The van der Waals surface area contributed by atoms with Crippen LogP contribution in [0.5, 0.6) is 0 Å². The second-order valence-electron chi connectivity index (χ2n) is 7.28. The van der Waals surface area contributed by atoms with Crippen LogP contribution in [-0.2, 0) is 37.8 Å². The van der Waals surface area contributed by atoms with E-state index in [1.807, 2.05) is 18.4 Å². The molecule has 0 atom stereocenters. The number of likely N-dealkylation sites (N-methyl/N-ethyl adjacent to an activating group) is 1. The fourth-order valence-corrected chi connectivity index (χ4v) is 3.56. The van der Waals surface area contributed by atoms with E-state index < -0.39 is 16.0 Å². The fourth-order valence-electron chi connectivity index (χ4n) is 2.64. The largest absolute Gasteiger partial charge is 0.456 e. The van der Waals surface area contributed by atoms with E-state index in [9.17, 15) is 18.0 Å². The minimum Gasteiger partial charge on any atom is -0.456 e. The third-order valence-electron chi connectivity index (χ3n) is 4.80. The van der Waals surface area contributed by atoms with E-state index >= 15 is 0 Å². The number of ether oxygens (including phenoxy) is 1. The average molecular weight is 425 g/mol. The van der Waals surface area contributed by atoms with Gasteiger partial charge in [-0.25, -0.2) is 17.7 Å². The second-order valence-corrected chi connectivity index (χ2v) is 9.44. The molecule has 0 spiro atoms. The van der Waals surface area contributed by atoms with Gasteiger partial charge in [0.2, 0.25) is 10.0 Å². The van der Waals surface area contributed by atoms with Crippen LogP contribution in [0, 0.1) is 0 Å². The number of nitrogens with zero attached hydrogens (tertiary/aromatic N) is 4. The highest BCUT2D eigenvalue weighted by Gasteiger charge is 2.20. The fraction of sp³-hybridized carbons (Fsp3) is 0.526. The Labute approximate surface area is 171 Å². The lowest BCUT2D eigenvalue weighted by atomic mass is 10.3. The zero-order valence-electron chi connectivity index (χ0n) is 17.7. The average Bonchev–Trinajstić information content (AvgIpc) is 2.98. The summed E-state index contributed by atoms with van der Waals surface area (Å²) in [6.45, 7) is 3.46. The molecule has 1 aromatic carbocycles. The summed E-state index contributed by atoms with van der Waals surface area (Å²) in [6, 6.07) is 4.78. The maximum Gasteiger partial charge on any atom is 0.306 e. The highest BCUT2D eigenvalue weighted by Crippen LogP contribution is 2.21. The molecule has 29 heavy (non-hydrogen) atoms. The summed E-state index contributed by atoms with van der Waals surface area (Å²) in [5.74, 6) is -0.119. The molecule has 2 aromatic rings. The maximum absolute atomic E-state index is 12.3. The number of rotatable bonds is 8. The second kappa shape index (κ2) is 8.91. The predicted molar refractivity (Wildman–Crippen MR) is 109 cm³/mol. The van der Waals surface area contributed by atoms with Gasteiger partial charge >= 0.3 is 5.97 Å². The first-order valence-electron chi connectivity index (χ1n) is 9.24. The molecule has 160 valence electrons. The Morgan fingerprint density at radius 1 is 1.21 bits per heavy atom. The predicted octanol–water partition coefficient (Wildman–Crippen LogP) is 1.17. The van der Waals surface area contributed by atoms with E-state index in [1.54, 1.807) is 20.2 Å². The lowest BCUT2D eigenvalue weighted by Gasteiger charge is -2.21. The van der Waals surface area contributed by atoms with Crippen LogP contribution in [0.25, 0.3) is 11.0 Å². The molecule has 0 radical (unpaired) electrons. The molecule has 0 saturated heterocycles. The third kappa shape index (κ3) is 5.13. The standard InChI is InChI=1S/C19H28N4O5S/c1-13(2)22(5)18(24)12-28-19(25)10-9-17-20-15-11-14(29(26,27)21(3)4)7-8-16(15)23(17)6/h7-8,11,13H,9-10,12H2,1-6H3. The van der Waals surface area contributed by atoms with Crippen LogP contribution < -0.4 is 0 Å². The van der Waals surface area contributed by atoms with Crippen molar-refractivity contribution in [2.75, 3.05) is 27.7 Å². The Morgan fingerprint density at radius 3 is 2.45 bits per heavy atom. The lowest BCUT2D eigenvalue weighted by Crippen LogP contribution is -2.36. The van der Waals surface area contributed by atoms with Crippen molar-refractivity contribution in [2.45, 2.75) is 37.6 Å². The molecule has 0 aliphatic rings. The number of sulfonamides is 1. The van der Waals surface area contributed by atoms with Gasteiger partial charge in [0.05, 0.1) is 22.3 Å². The quantitative estimate of drug-likeness (QED) is 0.590. The third-order valence-corrected chi connectivity index (χ3v) is 6.61. The molecular formula is C19H28N4O5S. The molecule has 0 unspecified atom stereocenters. The maximum atomic E-state index is 12.3. The first-order valence-corrected chi connectivity index (χ1v) is 10.7. The molecule has 0 fully saturated rings. The van der Waals surface area contributed by atoms with Crippen molar-refractivity contribution in [3.63, 3.8) is 0 Å². The first-order chi connectivity index (χ1) is 13.4. The van der Waals surface area contributed by atoms with E-state index in [0.717, 1.165) is 9.82 Å². The molecule has 10 heteroatoms. The van der Waals surface area contributed by atoms with Gasteiger partial charge in [-0.05, 0) is 32.0 Å². The van der Waals surface area contributed by atoms with E-state index in [0.29, 0.717) is 17.8 Å². The highest BCUT2D eigenvalue weighted by molar-refractivity contribution is 7.89. The van der Waals surface area contributed by atoms with E-state index in [2.05, 4.69) is 4.98 Å². The number of aryl methyl sites for hydroxylation is 2. The van der Waals surface area contributed by atoms with Gasteiger partial charge in [0, 0.05) is 40.7 Å². The summed E-state index contributed by atoms with van der Waals surface area (Å²) < 4.78 is 32.6. The summed E-state index contributed by atoms with van der Waals surface area (Å²) in [4.78, 5) is 30.0. The van der Waals surface area contributed by atoms with Crippen LogP contribution in [-0.4, -0.2) is 72.8 Å². The molecule has 0 saturated carbocycles. The van der Waals surface area contributed by atoms with Gasteiger partial charge in [-0.1, -0.05) is 0 Å². The minimum atomic E-state index is -3.55. The van der Waals surface area contributed by atoms with Gasteiger partial charge < -0.3 is 14.2 Å². The van der Waals surface area contributed by atoms with Gasteiger partial charge in [0.25, 0.3) is 5.91 Å². The summed E-state index contributed by atoms with van der Waals surface area (Å²) in [5, 5.41) is 0. The van der Waals surface area contributed by atoms with Crippen molar-refractivity contribution in [3.8, 4) is 0 Å². The van der Waals surface area contributed by atoms with Crippen molar-refractivity contribution in [1.82, 2.24) is 18.8 Å². The zero-order valence-corrected chi connectivity index (χ0v) is 18.5. The van der Waals surface area contributed by atoms with Crippen LogP contribution >= 0.6 is 0 Å². The highest BCUT2D eigenvalue weighted by atomic mass is 32.2. The Kier molecular flexibility index (Phi) is 7.02. The Morgan fingerprint density at radius 2 is 1.86 bits per heavy atom. The molecule has 1 aromatic heterocycles. The zero-order chi connectivity index (χ0) is 21.9. The van der Waals surface area contributed by atoms with Gasteiger partial charge in [-0.3, -0.25) is 9.59 Å². The van der Waals surface area contributed by atoms with Crippen molar-refractivity contribution in [1.29, 1.82) is 0 Å². The topological polar surface area (TPSA) is 102 Å². The number of benzene rings is 1. The summed E-state index contributed by atoms with van der Waals surface area (Å²) in [5.41, 5.74) is 1.30. The number of imidazole rings is 1. The monoisotopic (exact) mass is 424 g/mol. The normalized spacial score (nSPS) is 12.0. The minimum absolute atomic E-state index is 0.0300. The number of hydrogen-bond acceptors (Lipinski definition) is 6. The lowest BCUT2D eigenvalue weighted by molar-refractivity contribution is -0.152. The number of amides is 1. The Bertz CT molecular complexity index is 1010. The number of hydrogen-bond donors (Lipinski definition) is 0. The molecule has 1 amide bonds. The summed E-state index contributed by atoms with van der Waals surface area (Å²) >= 11 is 0. The van der Waals surface area contributed by atoms with Crippen molar-refractivity contribution in [3.05, 3.63) is 24.0 Å². The first kappa shape index (κ1) is 22.8. The van der Waals surface area contributed by atoms with E-state index in [1.165, 1.54) is 31.1 Å². The number of esters is 1. The molecule has 0 bridgehead atoms.